The molecule has 1 N–H and O–H groups in total. The molecule has 0 aromatic heterocycles. The maximum Gasteiger partial charge on any atom is 0.0685 e. The largest absolute Gasteiger partial charge is 0.375 e. The molecule has 1 saturated heterocycles. The zero-order valence-electron chi connectivity index (χ0n) is 12.0. The van der Waals surface area contributed by atoms with Crippen LogP contribution in [0.25, 0.3) is 0 Å². The number of hydrogen-bond donors (Lipinski definition) is 1. The highest BCUT2D eigenvalue weighted by Gasteiger charge is 2.45. The Morgan fingerprint density at radius 2 is 2.06 bits per heavy atom. The van der Waals surface area contributed by atoms with E-state index in [4.69, 9.17) is 4.74 Å². The van der Waals surface area contributed by atoms with Crippen LogP contribution in [0.15, 0.2) is 0 Å². The second-order valence-electron chi connectivity index (χ2n) is 7.04. The maximum absolute atomic E-state index is 6.04. The second-order valence-corrected chi connectivity index (χ2v) is 7.04. The van der Waals surface area contributed by atoms with Crippen molar-refractivity contribution in [1.82, 2.24) is 5.32 Å². The van der Waals surface area contributed by atoms with Gasteiger partial charge in [-0.15, -0.1) is 0 Å². The summed E-state index contributed by atoms with van der Waals surface area (Å²) in [5.74, 6) is 0.795. The summed E-state index contributed by atoms with van der Waals surface area (Å²) in [6.07, 6.45) is 6.48. The summed E-state index contributed by atoms with van der Waals surface area (Å²) in [7, 11) is 0. The van der Waals surface area contributed by atoms with E-state index in [9.17, 15) is 0 Å². The first kappa shape index (κ1) is 13.4. The summed E-state index contributed by atoms with van der Waals surface area (Å²) >= 11 is 0. The van der Waals surface area contributed by atoms with Gasteiger partial charge in [-0.05, 0) is 50.0 Å². The summed E-state index contributed by atoms with van der Waals surface area (Å²) in [6.45, 7) is 11.4. The van der Waals surface area contributed by atoms with Gasteiger partial charge in [-0.2, -0.15) is 0 Å². The van der Waals surface area contributed by atoms with Crippen LogP contribution in [0, 0.1) is 11.3 Å². The van der Waals surface area contributed by atoms with Gasteiger partial charge in [-0.3, -0.25) is 0 Å². The van der Waals surface area contributed by atoms with Crippen molar-refractivity contribution in [2.45, 2.75) is 71.4 Å². The van der Waals surface area contributed by atoms with E-state index in [1.165, 1.54) is 32.1 Å². The highest BCUT2D eigenvalue weighted by atomic mass is 16.5. The first-order valence-corrected chi connectivity index (χ1v) is 7.34. The molecule has 2 atom stereocenters. The molecule has 2 fully saturated rings. The van der Waals surface area contributed by atoms with Crippen LogP contribution in [0.2, 0.25) is 0 Å². The molecule has 1 aliphatic carbocycles. The Labute approximate surface area is 107 Å². The molecule has 1 aliphatic heterocycles. The molecular formula is C15H29NO. The van der Waals surface area contributed by atoms with E-state index < -0.39 is 0 Å². The van der Waals surface area contributed by atoms with Crippen LogP contribution in [0.4, 0.5) is 0 Å². The van der Waals surface area contributed by atoms with E-state index in [0.717, 1.165) is 19.1 Å². The molecular weight excluding hydrogens is 210 g/mol. The van der Waals surface area contributed by atoms with E-state index in [-0.39, 0.29) is 5.60 Å². The third-order valence-corrected chi connectivity index (χ3v) is 4.62. The molecule has 0 aromatic carbocycles. The lowest BCUT2D eigenvalue weighted by Gasteiger charge is -2.50. The highest BCUT2D eigenvalue weighted by molar-refractivity contribution is 4.98. The van der Waals surface area contributed by atoms with Gasteiger partial charge in [0.05, 0.1) is 5.60 Å². The lowest BCUT2D eigenvalue weighted by atomic mass is 9.67. The fourth-order valence-electron chi connectivity index (χ4n) is 3.67. The monoisotopic (exact) mass is 239 g/mol. The van der Waals surface area contributed by atoms with Crippen LogP contribution in [-0.2, 0) is 4.74 Å². The van der Waals surface area contributed by atoms with E-state index in [1.807, 2.05) is 0 Å². The second kappa shape index (κ2) is 4.89. The molecule has 2 nitrogen and oxygen atoms in total. The Hall–Kier alpha value is -0.0800. The van der Waals surface area contributed by atoms with Gasteiger partial charge in [0.1, 0.15) is 0 Å². The Kier molecular flexibility index (Phi) is 3.84. The Balaban J connectivity index is 2.02. The topological polar surface area (TPSA) is 21.3 Å². The van der Waals surface area contributed by atoms with Gasteiger partial charge < -0.3 is 10.1 Å². The third kappa shape index (κ3) is 2.85. The van der Waals surface area contributed by atoms with Crippen molar-refractivity contribution in [3.05, 3.63) is 0 Å². The molecule has 0 radical (unpaired) electrons. The van der Waals surface area contributed by atoms with Crippen LogP contribution in [0.1, 0.15) is 59.8 Å². The first-order chi connectivity index (χ1) is 7.97. The zero-order chi connectivity index (χ0) is 12.5. The fourth-order valence-corrected chi connectivity index (χ4v) is 3.67. The predicted octanol–water partition coefficient (Wildman–Crippen LogP) is 3.36. The highest BCUT2D eigenvalue weighted by Crippen LogP contribution is 2.46. The van der Waals surface area contributed by atoms with Crippen LogP contribution >= 0.6 is 0 Å². The molecule has 1 heterocycles. The third-order valence-electron chi connectivity index (χ3n) is 4.62. The van der Waals surface area contributed by atoms with Crippen molar-refractivity contribution in [3.63, 3.8) is 0 Å². The van der Waals surface area contributed by atoms with Gasteiger partial charge in [0.15, 0.2) is 0 Å². The maximum atomic E-state index is 6.04. The molecule has 2 unspecified atom stereocenters. The standard InChI is InChI=1S/C15H29NO/c1-5-16-13(14(2,3)4)12-7-10-17-15(11-12)8-6-9-15/h12-13,16H,5-11H2,1-4H3. The van der Waals surface area contributed by atoms with E-state index >= 15 is 0 Å². The minimum atomic E-state index is 0.280. The minimum absolute atomic E-state index is 0.280. The van der Waals surface area contributed by atoms with E-state index in [1.54, 1.807) is 0 Å². The zero-order valence-corrected chi connectivity index (χ0v) is 12.0. The van der Waals surface area contributed by atoms with Gasteiger partial charge in [0.2, 0.25) is 0 Å². The SMILES string of the molecule is CCNC(C1CCOC2(CCC2)C1)C(C)(C)C. The number of nitrogens with one attached hydrogen (secondary N) is 1. The number of hydrogen-bond acceptors (Lipinski definition) is 2. The summed E-state index contributed by atoms with van der Waals surface area (Å²) < 4.78 is 6.04. The van der Waals surface area contributed by atoms with Gasteiger partial charge in [-0.25, -0.2) is 0 Å². The fraction of sp³-hybridized carbons (Fsp3) is 1.00. The molecule has 0 amide bonds. The van der Waals surface area contributed by atoms with Crippen LogP contribution in [0.3, 0.4) is 0 Å². The van der Waals surface area contributed by atoms with Gasteiger partial charge in [0, 0.05) is 12.6 Å². The van der Waals surface area contributed by atoms with E-state index in [0.29, 0.717) is 11.5 Å². The predicted molar refractivity (Wildman–Crippen MR) is 72.2 cm³/mol. The molecule has 17 heavy (non-hydrogen) atoms. The summed E-state index contributed by atoms with van der Waals surface area (Å²) in [4.78, 5) is 0. The van der Waals surface area contributed by atoms with Crippen LogP contribution < -0.4 is 5.32 Å². The van der Waals surface area contributed by atoms with Crippen molar-refractivity contribution >= 4 is 0 Å². The molecule has 2 aliphatic rings. The quantitative estimate of drug-likeness (QED) is 0.815. The Morgan fingerprint density at radius 1 is 1.35 bits per heavy atom. The minimum Gasteiger partial charge on any atom is -0.375 e. The van der Waals surface area contributed by atoms with Crippen molar-refractivity contribution in [1.29, 1.82) is 0 Å². The van der Waals surface area contributed by atoms with Gasteiger partial charge in [-0.1, -0.05) is 27.7 Å². The summed E-state index contributed by atoms with van der Waals surface area (Å²) in [6, 6.07) is 0.633. The van der Waals surface area contributed by atoms with Gasteiger partial charge >= 0.3 is 0 Å². The average molecular weight is 239 g/mol. The van der Waals surface area contributed by atoms with Crippen molar-refractivity contribution in [2.24, 2.45) is 11.3 Å². The van der Waals surface area contributed by atoms with Gasteiger partial charge in [0.25, 0.3) is 0 Å². The van der Waals surface area contributed by atoms with Crippen molar-refractivity contribution < 1.29 is 4.74 Å². The molecule has 1 saturated carbocycles. The molecule has 0 aromatic rings. The van der Waals surface area contributed by atoms with Crippen LogP contribution in [-0.4, -0.2) is 24.8 Å². The molecule has 2 rings (SSSR count). The molecule has 1 spiro atoms. The molecule has 0 bridgehead atoms. The molecule has 2 heteroatoms. The first-order valence-electron chi connectivity index (χ1n) is 7.34. The van der Waals surface area contributed by atoms with E-state index in [2.05, 4.69) is 33.0 Å². The lowest BCUT2D eigenvalue weighted by Crippen LogP contribution is -2.53. The average Bonchev–Trinajstić information content (AvgIpc) is 2.22. The van der Waals surface area contributed by atoms with Crippen LogP contribution in [0.5, 0.6) is 0 Å². The normalized spacial score (nSPS) is 30.0. The van der Waals surface area contributed by atoms with Crippen molar-refractivity contribution in [2.75, 3.05) is 13.2 Å². The summed E-state index contributed by atoms with van der Waals surface area (Å²) in [5.41, 5.74) is 0.630. The van der Waals surface area contributed by atoms with Crippen molar-refractivity contribution in [3.8, 4) is 0 Å². The summed E-state index contributed by atoms with van der Waals surface area (Å²) in [5, 5.41) is 3.72. The number of ether oxygens (including phenoxy) is 1. The number of rotatable bonds is 3. The smallest absolute Gasteiger partial charge is 0.0685 e. The Morgan fingerprint density at radius 3 is 2.53 bits per heavy atom. The Bertz CT molecular complexity index is 252. The lowest BCUT2D eigenvalue weighted by molar-refractivity contribution is -0.150. The molecule has 100 valence electrons.